The van der Waals surface area contributed by atoms with Gasteiger partial charge in [-0.15, -0.1) is 0 Å². The van der Waals surface area contributed by atoms with Gasteiger partial charge in [-0.05, 0) is 17.7 Å². The van der Waals surface area contributed by atoms with Crippen molar-refractivity contribution in [2.45, 2.75) is 13.0 Å². The van der Waals surface area contributed by atoms with Crippen LogP contribution in [0.25, 0.3) is 0 Å². The van der Waals surface area contributed by atoms with E-state index in [4.69, 9.17) is 33.5 Å². The lowest BCUT2D eigenvalue weighted by atomic mass is 10.1. The maximum atomic E-state index is 10.6. The van der Waals surface area contributed by atoms with E-state index in [0.717, 1.165) is 5.56 Å². The highest BCUT2D eigenvalue weighted by Crippen LogP contribution is 2.23. The lowest BCUT2D eigenvalue weighted by Crippen LogP contribution is -2.28. The second kappa shape index (κ2) is 6.69. The second-order valence-electron chi connectivity index (χ2n) is 4.10. The summed E-state index contributed by atoms with van der Waals surface area (Å²) in [5.41, 5.74) is 5.93. The van der Waals surface area contributed by atoms with Gasteiger partial charge >= 0.3 is 0 Å². The van der Waals surface area contributed by atoms with E-state index in [9.17, 15) is 4.79 Å². The van der Waals surface area contributed by atoms with Gasteiger partial charge in [0.15, 0.2) is 5.82 Å². The highest BCUT2D eigenvalue weighted by molar-refractivity contribution is 6.42. The number of nitrogens with one attached hydrogen (secondary N) is 1. The topological polar surface area (TPSA) is 94.0 Å². The van der Waals surface area contributed by atoms with Gasteiger partial charge in [-0.2, -0.15) is 4.98 Å². The van der Waals surface area contributed by atoms with E-state index in [-0.39, 0.29) is 13.1 Å². The van der Waals surface area contributed by atoms with Gasteiger partial charge in [0.1, 0.15) is 0 Å². The Hall–Kier alpha value is -1.63. The SMILES string of the molecule is NC(=O)CNCc1nc(Cc2ccc(Cl)c(Cl)c2)no1. The molecule has 0 radical (unpaired) electrons. The average Bonchev–Trinajstić information content (AvgIpc) is 2.81. The van der Waals surface area contributed by atoms with Crippen LogP contribution in [-0.4, -0.2) is 22.6 Å². The number of rotatable bonds is 6. The first kappa shape index (κ1) is 14.8. The first-order chi connectivity index (χ1) is 9.54. The molecule has 1 amide bonds. The van der Waals surface area contributed by atoms with E-state index >= 15 is 0 Å². The Morgan fingerprint density at radius 3 is 2.85 bits per heavy atom. The van der Waals surface area contributed by atoms with Crippen LogP contribution in [0.5, 0.6) is 0 Å². The maximum Gasteiger partial charge on any atom is 0.240 e. The molecule has 6 nitrogen and oxygen atoms in total. The minimum Gasteiger partial charge on any atom is -0.369 e. The summed E-state index contributed by atoms with van der Waals surface area (Å²) in [6.07, 6.45) is 0.482. The van der Waals surface area contributed by atoms with Crippen molar-refractivity contribution in [2.75, 3.05) is 6.54 Å². The minimum absolute atomic E-state index is 0.0600. The van der Waals surface area contributed by atoms with Crippen LogP contribution in [0.1, 0.15) is 17.3 Å². The molecule has 0 aliphatic heterocycles. The Kier molecular flexibility index (Phi) is 4.94. The van der Waals surface area contributed by atoms with Crippen molar-refractivity contribution in [1.82, 2.24) is 15.5 Å². The molecule has 0 saturated carbocycles. The summed E-state index contributed by atoms with van der Waals surface area (Å²) in [5, 5.41) is 7.61. The Morgan fingerprint density at radius 1 is 1.35 bits per heavy atom. The van der Waals surface area contributed by atoms with E-state index in [1.165, 1.54) is 0 Å². The van der Waals surface area contributed by atoms with Crippen molar-refractivity contribution >= 4 is 29.1 Å². The van der Waals surface area contributed by atoms with Gasteiger partial charge in [-0.1, -0.05) is 34.4 Å². The third-order valence-electron chi connectivity index (χ3n) is 2.43. The molecule has 0 atom stereocenters. The Bertz CT molecular complexity index is 615. The summed E-state index contributed by atoms with van der Waals surface area (Å²) in [4.78, 5) is 14.8. The fourth-order valence-electron chi connectivity index (χ4n) is 1.56. The van der Waals surface area contributed by atoms with Gasteiger partial charge in [0, 0.05) is 6.42 Å². The lowest BCUT2D eigenvalue weighted by molar-refractivity contribution is -0.117. The molecule has 3 N–H and O–H groups in total. The van der Waals surface area contributed by atoms with Crippen LogP contribution in [0.4, 0.5) is 0 Å². The number of amides is 1. The number of carbonyl (C=O) groups is 1. The summed E-state index contributed by atoms with van der Waals surface area (Å²) in [7, 11) is 0. The molecule has 2 aromatic rings. The van der Waals surface area contributed by atoms with Crippen molar-refractivity contribution in [3.8, 4) is 0 Å². The van der Waals surface area contributed by atoms with E-state index in [1.807, 2.05) is 6.07 Å². The summed E-state index contributed by atoms with van der Waals surface area (Å²) in [5.74, 6) is 0.473. The molecule has 0 fully saturated rings. The number of primary amides is 1. The Morgan fingerprint density at radius 2 is 2.15 bits per heavy atom. The molecule has 20 heavy (non-hydrogen) atoms. The van der Waals surface area contributed by atoms with Crippen molar-refractivity contribution < 1.29 is 9.32 Å². The third kappa shape index (κ3) is 4.19. The number of halogens is 2. The van der Waals surface area contributed by atoms with E-state index in [2.05, 4.69) is 15.5 Å². The lowest BCUT2D eigenvalue weighted by Gasteiger charge is -1.99. The van der Waals surface area contributed by atoms with E-state index in [0.29, 0.717) is 28.2 Å². The Labute approximate surface area is 125 Å². The molecule has 8 heteroatoms. The number of nitrogens with zero attached hydrogens (tertiary/aromatic N) is 2. The monoisotopic (exact) mass is 314 g/mol. The fourth-order valence-corrected chi connectivity index (χ4v) is 1.88. The summed E-state index contributed by atoms with van der Waals surface area (Å²) in [6.45, 7) is 0.349. The van der Waals surface area contributed by atoms with Crippen molar-refractivity contribution in [3.63, 3.8) is 0 Å². The van der Waals surface area contributed by atoms with Crippen molar-refractivity contribution in [2.24, 2.45) is 5.73 Å². The average molecular weight is 315 g/mol. The number of hydrogen-bond acceptors (Lipinski definition) is 5. The molecule has 2 rings (SSSR count). The zero-order valence-corrected chi connectivity index (χ0v) is 11.9. The number of benzene rings is 1. The zero-order chi connectivity index (χ0) is 14.5. The van der Waals surface area contributed by atoms with Crippen LogP contribution in [0.15, 0.2) is 22.7 Å². The minimum atomic E-state index is -0.444. The van der Waals surface area contributed by atoms with E-state index < -0.39 is 5.91 Å². The van der Waals surface area contributed by atoms with Gasteiger partial charge in [-0.3, -0.25) is 10.1 Å². The molecule has 0 aliphatic carbocycles. The number of carbonyl (C=O) groups excluding carboxylic acids is 1. The highest BCUT2D eigenvalue weighted by Gasteiger charge is 2.08. The summed E-state index contributed by atoms with van der Waals surface area (Å²) in [6, 6.07) is 5.31. The molecule has 1 heterocycles. The number of nitrogens with two attached hydrogens (primary N) is 1. The molecule has 106 valence electrons. The largest absolute Gasteiger partial charge is 0.369 e. The normalized spacial score (nSPS) is 10.7. The number of hydrogen-bond donors (Lipinski definition) is 2. The molecular formula is C12H12Cl2N4O2. The molecular weight excluding hydrogens is 303 g/mol. The molecule has 0 saturated heterocycles. The van der Waals surface area contributed by atoms with E-state index in [1.54, 1.807) is 12.1 Å². The standard InChI is InChI=1S/C12H12Cl2N4O2/c13-8-2-1-7(3-9(8)14)4-11-17-12(20-18-11)6-16-5-10(15)19/h1-3,16H,4-6H2,(H2,15,19). The first-order valence-corrected chi connectivity index (χ1v) is 6.54. The van der Waals surface area contributed by atoms with Gasteiger partial charge in [0.2, 0.25) is 11.8 Å². The van der Waals surface area contributed by atoms with Gasteiger partial charge in [-0.25, -0.2) is 0 Å². The van der Waals surface area contributed by atoms with Gasteiger partial charge in [0.05, 0.1) is 23.1 Å². The second-order valence-corrected chi connectivity index (χ2v) is 4.91. The Balaban J connectivity index is 1.95. The zero-order valence-electron chi connectivity index (χ0n) is 10.4. The highest BCUT2D eigenvalue weighted by atomic mass is 35.5. The molecule has 1 aromatic heterocycles. The molecule has 0 bridgehead atoms. The molecule has 1 aromatic carbocycles. The van der Waals surface area contributed by atoms with Crippen LogP contribution in [0.2, 0.25) is 10.0 Å². The molecule has 0 unspecified atom stereocenters. The smallest absolute Gasteiger partial charge is 0.240 e. The maximum absolute atomic E-state index is 10.6. The van der Waals surface area contributed by atoms with Crippen molar-refractivity contribution in [1.29, 1.82) is 0 Å². The summed E-state index contributed by atoms with van der Waals surface area (Å²) >= 11 is 11.8. The molecule has 0 aliphatic rings. The van der Waals surface area contributed by atoms with Crippen molar-refractivity contribution in [3.05, 3.63) is 45.5 Å². The predicted molar refractivity (Wildman–Crippen MR) is 74.5 cm³/mol. The predicted octanol–water partition coefficient (Wildman–Crippen LogP) is 1.54. The van der Waals surface area contributed by atoms with Crippen LogP contribution in [0, 0.1) is 0 Å². The third-order valence-corrected chi connectivity index (χ3v) is 3.17. The van der Waals surface area contributed by atoms with Gasteiger partial charge in [0.25, 0.3) is 0 Å². The quantitative estimate of drug-likeness (QED) is 0.843. The molecule has 0 spiro atoms. The number of aromatic nitrogens is 2. The van der Waals surface area contributed by atoms with Crippen LogP contribution in [-0.2, 0) is 17.8 Å². The fraction of sp³-hybridized carbons (Fsp3) is 0.250. The van der Waals surface area contributed by atoms with Crippen LogP contribution < -0.4 is 11.1 Å². The van der Waals surface area contributed by atoms with Crippen LogP contribution in [0.3, 0.4) is 0 Å². The first-order valence-electron chi connectivity index (χ1n) is 5.79. The van der Waals surface area contributed by atoms with Gasteiger partial charge < -0.3 is 10.3 Å². The summed E-state index contributed by atoms with van der Waals surface area (Å²) < 4.78 is 5.04. The van der Waals surface area contributed by atoms with Crippen LogP contribution >= 0.6 is 23.2 Å².